The Kier molecular flexibility index (Phi) is 6.59. The molecule has 25 heavy (non-hydrogen) atoms. The van der Waals surface area contributed by atoms with E-state index in [9.17, 15) is 9.59 Å². The average molecular weight is 360 g/mol. The number of halogens is 1. The summed E-state index contributed by atoms with van der Waals surface area (Å²) >= 11 is 6.06. The summed E-state index contributed by atoms with van der Waals surface area (Å²) < 4.78 is 5.23. The number of hydrogen-bond acceptors (Lipinski definition) is 3. The summed E-state index contributed by atoms with van der Waals surface area (Å²) in [4.78, 5) is 24.4. The third-order valence-corrected chi connectivity index (χ3v) is 4.43. The highest BCUT2D eigenvalue weighted by Crippen LogP contribution is 2.31. The van der Waals surface area contributed by atoms with Crippen LogP contribution in [0.1, 0.15) is 41.3 Å². The van der Waals surface area contributed by atoms with Gasteiger partial charge < -0.3 is 10.1 Å². The SMILES string of the molecule is CCc1ccc(C(=O)CCC(=O)Nc2cc(C)c(Cl)cc2OC)cc1. The quantitative estimate of drug-likeness (QED) is 0.721. The second-order valence-corrected chi connectivity index (χ2v) is 6.23. The minimum atomic E-state index is -0.237. The van der Waals surface area contributed by atoms with Gasteiger partial charge >= 0.3 is 0 Å². The zero-order valence-corrected chi connectivity index (χ0v) is 15.4. The van der Waals surface area contributed by atoms with Crippen LogP contribution in [0.5, 0.6) is 5.75 Å². The number of aryl methyl sites for hydroxylation is 2. The van der Waals surface area contributed by atoms with Crippen molar-refractivity contribution in [3.05, 3.63) is 58.1 Å². The number of ketones is 1. The molecular weight excluding hydrogens is 338 g/mol. The van der Waals surface area contributed by atoms with Crippen LogP contribution in [0, 0.1) is 6.92 Å². The van der Waals surface area contributed by atoms with Crippen LogP contribution in [-0.4, -0.2) is 18.8 Å². The zero-order chi connectivity index (χ0) is 18.4. The summed E-state index contributed by atoms with van der Waals surface area (Å²) in [7, 11) is 1.51. The summed E-state index contributed by atoms with van der Waals surface area (Å²) in [6.45, 7) is 3.91. The van der Waals surface area contributed by atoms with Gasteiger partial charge in [0.2, 0.25) is 5.91 Å². The first-order valence-electron chi connectivity index (χ1n) is 8.20. The van der Waals surface area contributed by atoms with Gasteiger partial charge in [-0.25, -0.2) is 0 Å². The molecule has 0 fully saturated rings. The molecule has 0 unspecified atom stereocenters. The summed E-state index contributed by atoms with van der Waals surface area (Å²) in [6.07, 6.45) is 1.20. The Hall–Kier alpha value is -2.33. The van der Waals surface area contributed by atoms with Crippen LogP contribution in [0.25, 0.3) is 0 Å². The van der Waals surface area contributed by atoms with Crippen LogP contribution >= 0.6 is 11.6 Å². The Morgan fingerprint density at radius 1 is 1.12 bits per heavy atom. The van der Waals surface area contributed by atoms with Gasteiger partial charge in [-0.2, -0.15) is 0 Å². The molecule has 0 atom stereocenters. The van der Waals surface area contributed by atoms with E-state index in [0.717, 1.165) is 12.0 Å². The highest BCUT2D eigenvalue weighted by molar-refractivity contribution is 6.31. The molecule has 0 bridgehead atoms. The van der Waals surface area contributed by atoms with Crippen LogP contribution in [-0.2, 0) is 11.2 Å². The molecule has 0 aliphatic carbocycles. The molecule has 2 rings (SSSR count). The van der Waals surface area contributed by atoms with E-state index < -0.39 is 0 Å². The molecule has 1 N–H and O–H groups in total. The minimum Gasteiger partial charge on any atom is -0.495 e. The number of carbonyl (C=O) groups excluding carboxylic acids is 2. The number of rotatable bonds is 7. The van der Waals surface area contributed by atoms with E-state index in [2.05, 4.69) is 12.2 Å². The molecular formula is C20H22ClNO3. The van der Waals surface area contributed by atoms with Gasteiger partial charge in [0, 0.05) is 29.5 Å². The lowest BCUT2D eigenvalue weighted by Crippen LogP contribution is -2.14. The minimum absolute atomic E-state index is 0.0444. The van der Waals surface area contributed by atoms with Gasteiger partial charge in [-0.05, 0) is 30.5 Å². The van der Waals surface area contributed by atoms with Gasteiger partial charge in [0.05, 0.1) is 12.8 Å². The lowest BCUT2D eigenvalue weighted by atomic mass is 10.0. The Bertz CT molecular complexity index is 769. The van der Waals surface area contributed by atoms with E-state index in [4.69, 9.17) is 16.3 Å². The fourth-order valence-corrected chi connectivity index (χ4v) is 2.59. The van der Waals surface area contributed by atoms with Crippen LogP contribution < -0.4 is 10.1 Å². The van der Waals surface area contributed by atoms with Crippen molar-refractivity contribution in [1.29, 1.82) is 0 Å². The van der Waals surface area contributed by atoms with Crippen molar-refractivity contribution in [2.75, 3.05) is 12.4 Å². The van der Waals surface area contributed by atoms with Crippen molar-refractivity contribution in [3.63, 3.8) is 0 Å². The fourth-order valence-electron chi connectivity index (χ4n) is 2.44. The summed E-state index contributed by atoms with van der Waals surface area (Å²) in [5.74, 6) is 0.209. The normalized spacial score (nSPS) is 10.4. The fraction of sp³-hybridized carbons (Fsp3) is 0.300. The standard InChI is InChI=1S/C20H22ClNO3/c1-4-14-5-7-15(8-6-14)18(23)9-10-20(24)22-17-11-13(2)16(21)12-19(17)25-3/h5-8,11-12H,4,9-10H2,1-3H3,(H,22,24). The molecule has 0 radical (unpaired) electrons. The first kappa shape index (κ1) is 19.0. The first-order chi connectivity index (χ1) is 11.9. The molecule has 132 valence electrons. The topological polar surface area (TPSA) is 55.4 Å². The smallest absolute Gasteiger partial charge is 0.224 e. The Balaban J connectivity index is 1.96. The average Bonchev–Trinajstić information content (AvgIpc) is 2.62. The number of amides is 1. The maximum Gasteiger partial charge on any atom is 0.224 e. The number of methoxy groups -OCH3 is 1. The highest BCUT2D eigenvalue weighted by atomic mass is 35.5. The van der Waals surface area contributed by atoms with Crippen molar-refractivity contribution in [2.24, 2.45) is 0 Å². The van der Waals surface area contributed by atoms with Crippen molar-refractivity contribution in [1.82, 2.24) is 0 Å². The molecule has 2 aromatic carbocycles. The predicted molar refractivity (Wildman–Crippen MR) is 101 cm³/mol. The van der Waals surface area contributed by atoms with Gasteiger partial charge in [0.1, 0.15) is 5.75 Å². The Morgan fingerprint density at radius 3 is 2.40 bits per heavy atom. The summed E-state index contributed by atoms with van der Waals surface area (Å²) in [5.41, 5.74) is 3.20. The molecule has 0 saturated heterocycles. The van der Waals surface area contributed by atoms with Crippen LogP contribution in [0.15, 0.2) is 36.4 Å². The number of nitrogens with one attached hydrogen (secondary N) is 1. The van der Waals surface area contributed by atoms with Crippen molar-refractivity contribution in [2.45, 2.75) is 33.1 Å². The van der Waals surface area contributed by atoms with E-state index >= 15 is 0 Å². The molecule has 0 aromatic heterocycles. The van der Waals surface area contributed by atoms with Crippen molar-refractivity contribution >= 4 is 29.0 Å². The molecule has 0 aliphatic heterocycles. The monoisotopic (exact) mass is 359 g/mol. The second kappa shape index (κ2) is 8.67. The molecule has 2 aromatic rings. The number of ether oxygens (including phenoxy) is 1. The maximum atomic E-state index is 12.2. The summed E-state index contributed by atoms with van der Waals surface area (Å²) in [5, 5.41) is 3.35. The number of benzene rings is 2. The zero-order valence-electron chi connectivity index (χ0n) is 14.7. The van der Waals surface area contributed by atoms with Gasteiger partial charge in [-0.1, -0.05) is 42.8 Å². The van der Waals surface area contributed by atoms with Gasteiger partial charge in [0.15, 0.2) is 5.78 Å². The van der Waals surface area contributed by atoms with Gasteiger partial charge in [0.25, 0.3) is 0 Å². The highest BCUT2D eigenvalue weighted by Gasteiger charge is 2.13. The molecule has 0 heterocycles. The molecule has 0 spiro atoms. The van der Waals surface area contributed by atoms with E-state index in [1.807, 2.05) is 31.2 Å². The van der Waals surface area contributed by atoms with Gasteiger partial charge in [-0.15, -0.1) is 0 Å². The van der Waals surface area contributed by atoms with E-state index in [-0.39, 0.29) is 24.5 Å². The van der Waals surface area contributed by atoms with E-state index in [0.29, 0.717) is 22.0 Å². The lowest BCUT2D eigenvalue weighted by Gasteiger charge is -2.12. The van der Waals surface area contributed by atoms with Gasteiger partial charge in [-0.3, -0.25) is 9.59 Å². The number of anilines is 1. The van der Waals surface area contributed by atoms with Crippen molar-refractivity contribution < 1.29 is 14.3 Å². The second-order valence-electron chi connectivity index (χ2n) is 5.82. The molecule has 4 nitrogen and oxygen atoms in total. The van der Waals surface area contributed by atoms with E-state index in [1.54, 1.807) is 12.1 Å². The number of Topliss-reactive ketones (excluding diaryl/α,β-unsaturated/α-hetero) is 1. The molecule has 1 amide bonds. The number of hydrogen-bond donors (Lipinski definition) is 1. The third kappa shape index (κ3) is 5.07. The Morgan fingerprint density at radius 2 is 1.80 bits per heavy atom. The molecule has 0 saturated carbocycles. The molecule has 5 heteroatoms. The maximum absolute atomic E-state index is 12.2. The Labute approximate surface area is 153 Å². The van der Waals surface area contributed by atoms with Crippen LogP contribution in [0.2, 0.25) is 5.02 Å². The molecule has 0 aliphatic rings. The van der Waals surface area contributed by atoms with Crippen molar-refractivity contribution in [3.8, 4) is 5.75 Å². The predicted octanol–water partition coefficient (Wildman–Crippen LogP) is 4.82. The number of carbonyl (C=O) groups is 2. The first-order valence-corrected chi connectivity index (χ1v) is 8.58. The third-order valence-electron chi connectivity index (χ3n) is 4.02. The van der Waals surface area contributed by atoms with E-state index in [1.165, 1.54) is 12.7 Å². The largest absolute Gasteiger partial charge is 0.495 e. The summed E-state index contributed by atoms with van der Waals surface area (Å²) in [6, 6.07) is 10.9. The lowest BCUT2D eigenvalue weighted by molar-refractivity contribution is -0.116. The van der Waals surface area contributed by atoms with Crippen LogP contribution in [0.3, 0.4) is 0 Å². The van der Waals surface area contributed by atoms with Crippen LogP contribution in [0.4, 0.5) is 5.69 Å².